The molecule has 0 unspecified atom stereocenters. The molecule has 0 amide bonds. The van der Waals surface area contributed by atoms with E-state index >= 15 is 0 Å². The number of benzene rings is 2. The molecule has 1 aliphatic heterocycles. The average Bonchev–Trinajstić information content (AvgIpc) is 3.22. The molecule has 1 atom stereocenters. The molecule has 9 heteroatoms. The molecule has 26 heavy (non-hydrogen) atoms. The fourth-order valence-corrected chi connectivity index (χ4v) is 3.75. The monoisotopic (exact) mass is 369 g/mol. The summed E-state index contributed by atoms with van der Waals surface area (Å²) in [7, 11) is 4.02. The van der Waals surface area contributed by atoms with Crippen LogP contribution >= 0.6 is 11.8 Å². The molecule has 3 aromatic rings. The van der Waals surface area contributed by atoms with Gasteiger partial charge in [-0.15, -0.1) is 10.2 Å². The van der Waals surface area contributed by atoms with Gasteiger partial charge in [-0.3, -0.25) is 5.21 Å². The van der Waals surface area contributed by atoms with Gasteiger partial charge in [-0.05, 0) is 29.8 Å². The number of nitrogens with zero attached hydrogens (tertiary/aromatic N) is 5. The summed E-state index contributed by atoms with van der Waals surface area (Å²) in [4.78, 5) is 2.06. The average molecular weight is 369 g/mol. The largest absolute Gasteiger partial charge is 0.733 e. The predicted octanol–water partition coefficient (Wildman–Crippen LogP) is 3.05. The Hall–Kier alpha value is -2.75. The molecule has 0 fully saturated rings. The van der Waals surface area contributed by atoms with Crippen molar-refractivity contribution in [2.75, 3.05) is 29.6 Å². The Morgan fingerprint density at radius 2 is 1.88 bits per heavy atom. The summed E-state index contributed by atoms with van der Waals surface area (Å²) in [6.45, 7) is 0. The molecule has 4 rings (SSSR count). The molecule has 1 aromatic heterocycles. The first-order valence-electron chi connectivity index (χ1n) is 7.95. The Labute approximate surface area is 154 Å². The van der Waals surface area contributed by atoms with Crippen LogP contribution in [0.4, 0.5) is 11.4 Å². The van der Waals surface area contributed by atoms with E-state index in [1.165, 1.54) is 6.07 Å². The number of hydrogen-bond donors (Lipinski definition) is 2. The Kier molecular flexibility index (Phi) is 4.19. The maximum Gasteiger partial charge on any atom is 0.212 e. The van der Waals surface area contributed by atoms with Gasteiger partial charge in [-0.1, -0.05) is 36.0 Å². The molecular weight excluding hydrogens is 352 g/mol. The van der Waals surface area contributed by atoms with Crippen LogP contribution in [0.3, 0.4) is 0 Å². The van der Waals surface area contributed by atoms with Gasteiger partial charge in [0.25, 0.3) is 0 Å². The van der Waals surface area contributed by atoms with E-state index < -0.39 is 0 Å². The van der Waals surface area contributed by atoms with Crippen molar-refractivity contribution in [3.05, 3.63) is 59.3 Å². The van der Waals surface area contributed by atoms with E-state index in [2.05, 4.69) is 44.8 Å². The summed E-state index contributed by atoms with van der Waals surface area (Å²) in [5.74, 6) is 0.587. The maximum atomic E-state index is 11.1. The minimum atomic E-state index is -0.165. The van der Waals surface area contributed by atoms with Crippen LogP contribution in [-0.2, 0) is 0 Å². The number of aromatic nitrogens is 3. The summed E-state index contributed by atoms with van der Waals surface area (Å²) in [5, 5.41) is 29.2. The summed E-state index contributed by atoms with van der Waals surface area (Å²) >= 11 is 1.57. The second kappa shape index (κ2) is 6.52. The molecule has 8 nitrogen and oxygen atoms in total. The van der Waals surface area contributed by atoms with Crippen molar-refractivity contribution in [2.45, 2.75) is 10.5 Å². The van der Waals surface area contributed by atoms with E-state index in [1.807, 2.05) is 20.2 Å². The molecule has 0 saturated carbocycles. The van der Waals surface area contributed by atoms with Crippen molar-refractivity contribution < 1.29 is 5.21 Å². The smallest absolute Gasteiger partial charge is 0.212 e. The number of rotatable bonds is 4. The topological polar surface area (TPSA) is 92.5 Å². The van der Waals surface area contributed by atoms with Gasteiger partial charge in [-0.25, -0.2) is 4.68 Å². The van der Waals surface area contributed by atoms with Crippen LogP contribution < -0.4 is 15.6 Å². The van der Waals surface area contributed by atoms with Crippen LogP contribution in [0, 0.1) is 5.21 Å². The van der Waals surface area contributed by atoms with Gasteiger partial charge in [0.2, 0.25) is 5.16 Å². The summed E-state index contributed by atoms with van der Waals surface area (Å²) < 4.78 is 1.81. The lowest BCUT2D eigenvalue weighted by Gasteiger charge is -2.21. The van der Waals surface area contributed by atoms with Gasteiger partial charge in [0.1, 0.15) is 5.37 Å². The van der Waals surface area contributed by atoms with Crippen molar-refractivity contribution in [3.63, 3.8) is 0 Å². The maximum absolute atomic E-state index is 11.1. The molecule has 0 saturated heterocycles. The van der Waals surface area contributed by atoms with E-state index in [1.54, 1.807) is 28.6 Å². The highest BCUT2D eigenvalue weighted by Gasteiger charge is 2.28. The van der Waals surface area contributed by atoms with E-state index in [0.717, 1.165) is 16.4 Å². The Bertz CT molecular complexity index is 925. The van der Waals surface area contributed by atoms with Crippen molar-refractivity contribution in [3.8, 4) is 11.4 Å². The van der Waals surface area contributed by atoms with Crippen LogP contribution in [0.15, 0.2) is 53.7 Å². The third-order valence-corrected chi connectivity index (χ3v) is 5.23. The normalized spacial score (nSPS) is 15.5. The van der Waals surface area contributed by atoms with Gasteiger partial charge in [0, 0.05) is 25.3 Å². The lowest BCUT2D eigenvalue weighted by Crippen LogP contribution is -2.14. The molecule has 0 aliphatic carbocycles. The SMILES string of the molecule is CN(C)c1ccc([C@H]2Nn3c(nnc3-c3cccc(N([O-])O)c3)S2)cc1. The molecule has 0 spiro atoms. The van der Waals surface area contributed by atoms with Crippen LogP contribution in [0.2, 0.25) is 0 Å². The highest BCUT2D eigenvalue weighted by atomic mass is 32.2. The first-order valence-corrected chi connectivity index (χ1v) is 8.83. The lowest BCUT2D eigenvalue weighted by atomic mass is 10.2. The third kappa shape index (κ3) is 2.96. The Morgan fingerprint density at radius 1 is 1.12 bits per heavy atom. The van der Waals surface area contributed by atoms with Crippen molar-refractivity contribution in [2.24, 2.45) is 0 Å². The molecule has 1 aliphatic rings. The number of thioether (sulfide) groups is 1. The highest BCUT2D eigenvalue weighted by Crippen LogP contribution is 2.40. The predicted molar refractivity (Wildman–Crippen MR) is 102 cm³/mol. The summed E-state index contributed by atoms with van der Waals surface area (Å²) in [6.07, 6.45) is 0. The quantitative estimate of drug-likeness (QED) is 0.678. The number of fused-ring (bicyclic) bond motifs is 1. The van der Waals surface area contributed by atoms with Gasteiger partial charge in [-0.2, -0.15) is 0 Å². The minimum Gasteiger partial charge on any atom is -0.733 e. The number of hydrogen-bond acceptors (Lipinski definition) is 8. The van der Waals surface area contributed by atoms with E-state index in [9.17, 15) is 5.21 Å². The van der Waals surface area contributed by atoms with Crippen molar-refractivity contribution >= 4 is 23.1 Å². The summed E-state index contributed by atoms with van der Waals surface area (Å²) in [6, 6.07) is 14.9. The minimum absolute atomic E-state index is 0.0208. The van der Waals surface area contributed by atoms with Crippen molar-refractivity contribution in [1.29, 1.82) is 0 Å². The second-order valence-electron chi connectivity index (χ2n) is 6.08. The van der Waals surface area contributed by atoms with Crippen molar-refractivity contribution in [1.82, 2.24) is 14.9 Å². The number of anilines is 2. The van der Waals surface area contributed by atoms with E-state index in [0.29, 0.717) is 11.4 Å². The molecule has 134 valence electrons. The first-order chi connectivity index (χ1) is 12.5. The standard InChI is InChI=1S/C17H17N6O2S/c1-21(2)13-8-6-11(7-9-13)16-20-22-15(18-19-17(22)26-16)12-4-3-5-14(10-12)23(24)25/h3-10,16,20,24H,1-2H3/q-1/t16-/m0/s1. The van der Waals surface area contributed by atoms with Gasteiger partial charge in [0.15, 0.2) is 5.82 Å². The van der Waals surface area contributed by atoms with Crippen LogP contribution in [0.1, 0.15) is 10.9 Å². The van der Waals surface area contributed by atoms with E-state index in [-0.39, 0.29) is 16.3 Å². The molecule has 2 heterocycles. The zero-order chi connectivity index (χ0) is 18.3. The van der Waals surface area contributed by atoms with E-state index in [4.69, 9.17) is 5.21 Å². The van der Waals surface area contributed by atoms with Crippen LogP contribution in [-0.4, -0.2) is 34.2 Å². The lowest BCUT2D eigenvalue weighted by molar-refractivity contribution is 0.296. The summed E-state index contributed by atoms with van der Waals surface area (Å²) in [5.41, 5.74) is 6.48. The van der Waals surface area contributed by atoms with Crippen LogP contribution in [0.25, 0.3) is 11.4 Å². The number of nitrogens with one attached hydrogen (secondary N) is 1. The third-order valence-electron chi connectivity index (χ3n) is 4.14. The van der Waals surface area contributed by atoms with Gasteiger partial charge >= 0.3 is 0 Å². The highest BCUT2D eigenvalue weighted by molar-refractivity contribution is 7.99. The molecule has 0 bridgehead atoms. The molecule has 0 radical (unpaired) electrons. The first kappa shape index (κ1) is 16.7. The van der Waals surface area contributed by atoms with Crippen LogP contribution in [0.5, 0.6) is 0 Å². The Balaban J connectivity index is 1.60. The molecular formula is C17H17N6O2S-. The Morgan fingerprint density at radius 3 is 2.58 bits per heavy atom. The van der Waals surface area contributed by atoms with Gasteiger partial charge < -0.3 is 20.8 Å². The zero-order valence-electron chi connectivity index (χ0n) is 14.2. The fraction of sp³-hybridized carbons (Fsp3) is 0.176. The zero-order valence-corrected chi connectivity index (χ0v) is 15.0. The molecule has 2 N–H and O–H groups in total. The van der Waals surface area contributed by atoms with Gasteiger partial charge in [0.05, 0.1) is 5.69 Å². The fourth-order valence-electron chi connectivity index (χ4n) is 2.75. The molecule has 2 aromatic carbocycles. The second-order valence-corrected chi connectivity index (χ2v) is 7.15.